The minimum atomic E-state index is -5.39. The zero-order valence-electron chi connectivity index (χ0n) is 23.6. The molecule has 3 fully saturated rings. The van der Waals surface area contributed by atoms with Crippen molar-refractivity contribution in [3.63, 3.8) is 0 Å². The van der Waals surface area contributed by atoms with Crippen molar-refractivity contribution in [2.45, 2.75) is 62.7 Å². The molecule has 1 aliphatic carbocycles. The van der Waals surface area contributed by atoms with Crippen LogP contribution in [-0.4, -0.2) is 84.4 Å². The van der Waals surface area contributed by atoms with E-state index in [4.69, 9.17) is 4.74 Å². The van der Waals surface area contributed by atoms with E-state index in [1.807, 2.05) is 6.07 Å². The molecule has 43 heavy (non-hydrogen) atoms. The van der Waals surface area contributed by atoms with E-state index in [1.54, 1.807) is 30.3 Å². The number of halogens is 5. The molecule has 232 valence electrons. The topological polar surface area (TPSA) is 91.0 Å². The van der Waals surface area contributed by atoms with Gasteiger partial charge in [0, 0.05) is 39.1 Å². The van der Waals surface area contributed by atoms with Crippen LogP contribution in [0.4, 0.5) is 26.7 Å². The number of nitrogens with zero attached hydrogens (tertiary/aromatic N) is 2. The van der Waals surface area contributed by atoms with Crippen molar-refractivity contribution in [3.05, 3.63) is 59.4 Å². The van der Waals surface area contributed by atoms with Crippen LogP contribution in [0, 0.1) is 5.82 Å². The Hall–Kier alpha value is -3.58. The van der Waals surface area contributed by atoms with Crippen LogP contribution in [-0.2, 0) is 20.9 Å². The Morgan fingerprint density at radius 2 is 1.79 bits per heavy atom. The number of likely N-dealkylation sites (tertiary alicyclic amines) is 1. The van der Waals surface area contributed by atoms with E-state index in [0.717, 1.165) is 23.3 Å². The van der Waals surface area contributed by atoms with Gasteiger partial charge in [-0.25, -0.2) is 13.6 Å². The number of hydrogen-bond acceptors (Lipinski definition) is 6. The van der Waals surface area contributed by atoms with Gasteiger partial charge in [0.15, 0.2) is 5.66 Å². The zero-order valence-corrected chi connectivity index (χ0v) is 23.6. The number of ketones is 1. The molecule has 3 aliphatic rings. The first-order chi connectivity index (χ1) is 20.5. The minimum absolute atomic E-state index is 0.0323. The molecule has 13 heteroatoms. The van der Waals surface area contributed by atoms with Crippen LogP contribution in [0.5, 0.6) is 0 Å². The summed E-state index contributed by atoms with van der Waals surface area (Å²) >= 11 is 0. The first-order valence-corrected chi connectivity index (χ1v) is 14.3. The minimum Gasteiger partial charge on any atom is -0.450 e. The number of rotatable bonds is 8. The van der Waals surface area contributed by atoms with E-state index in [-0.39, 0.29) is 38.0 Å². The lowest BCUT2D eigenvalue weighted by Crippen LogP contribution is -2.77. The van der Waals surface area contributed by atoms with E-state index < -0.39 is 61.3 Å². The lowest BCUT2D eigenvalue weighted by molar-refractivity contribution is -0.198. The molecule has 3 unspecified atom stereocenters. The van der Waals surface area contributed by atoms with Gasteiger partial charge in [-0.15, -0.1) is 0 Å². The molecular weight excluding hydrogens is 575 g/mol. The molecule has 1 saturated carbocycles. The number of nitrogens with one attached hydrogen (secondary N) is 2. The molecule has 2 aliphatic heterocycles. The Morgan fingerprint density at radius 3 is 2.42 bits per heavy atom. The fourth-order valence-electron chi connectivity index (χ4n) is 5.99. The van der Waals surface area contributed by atoms with Crippen LogP contribution in [0.1, 0.15) is 43.2 Å². The van der Waals surface area contributed by atoms with Crippen molar-refractivity contribution in [2.24, 2.45) is 0 Å². The van der Waals surface area contributed by atoms with Crippen LogP contribution in [0.25, 0.3) is 11.1 Å². The molecule has 2 saturated heterocycles. The third-order valence-electron chi connectivity index (χ3n) is 8.24. The summed E-state index contributed by atoms with van der Waals surface area (Å²) in [6.45, 7) is -0.298. The van der Waals surface area contributed by atoms with Gasteiger partial charge in [0.05, 0.1) is 12.6 Å². The first kappa shape index (κ1) is 30.9. The van der Waals surface area contributed by atoms with Gasteiger partial charge in [0.25, 0.3) is 5.78 Å². The molecule has 0 spiro atoms. The van der Waals surface area contributed by atoms with Crippen molar-refractivity contribution in [2.75, 3.05) is 32.8 Å². The standard InChI is InChI=1S/C30H33F5N4O4/c1-2-43-28(42)38-12-11-36-17-29(38,27(41)30(33,34)35)39-16-22(31)14-25(39)26(40)37-15-18-3-5-19(6-4-18)21-9-10-23(20-7-8-20)24(32)13-21/h3-6,9-10,13,20,22,25,36H,2,7-8,11-12,14-17H2,1H3,(H,37,40). The average Bonchev–Trinajstić information content (AvgIpc) is 3.75. The predicted octanol–water partition coefficient (Wildman–Crippen LogP) is 4.29. The Morgan fingerprint density at radius 1 is 1.09 bits per heavy atom. The van der Waals surface area contributed by atoms with Crippen molar-refractivity contribution >= 4 is 17.8 Å². The van der Waals surface area contributed by atoms with Crippen LogP contribution in [0.2, 0.25) is 0 Å². The fraction of sp³-hybridized carbons (Fsp3) is 0.500. The van der Waals surface area contributed by atoms with Gasteiger partial charge in [0.2, 0.25) is 5.91 Å². The summed E-state index contributed by atoms with van der Waals surface area (Å²) in [7, 11) is 0. The Labute approximate surface area is 245 Å². The van der Waals surface area contributed by atoms with E-state index in [2.05, 4.69) is 10.6 Å². The maximum Gasteiger partial charge on any atom is 0.454 e. The van der Waals surface area contributed by atoms with Crippen LogP contribution in [0.15, 0.2) is 42.5 Å². The summed E-state index contributed by atoms with van der Waals surface area (Å²) in [4.78, 5) is 40.6. The molecule has 2 amide bonds. The molecule has 2 aromatic carbocycles. The summed E-state index contributed by atoms with van der Waals surface area (Å²) in [6.07, 6.45) is -6.75. The second-order valence-corrected chi connectivity index (χ2v) is 11.1. The number of Topliss-reactive ketones (excluding diaryl/α,β-unsaturated/α-hetero) is 1. The van der Waals surface area contributed by atoms with E-state index >= 15 is 0 Å². The average molecular weight is 609 g/mol. The van der Waals surface area contributed by atoms with Crippen LogP contribution >= 0.6 is 0 Å². The number of carbonyl (C=O) groups excluding carboxylic acids is 3. The maximum absolute atomic E-state index is 14.8. The number of alkyl halides is 4. The first-order valence-electron chi connectivity index (χ1n) is 14.3. The number of carbonyl (C=O) groups is 3. The molecular formula is C30H33F5N4O4. The van der Waals surface area contributed by atoms with Crippen molar-refractivity contribution in [1.29, 1.82) is 0 Å². The molecule has 0 radical (unpaired) electrons. The second-order valence-electron chi connectivity index (χ2n) is 11.1. The lowest BCUT2D eigenvalue weighted by atomic mass is 9.95. The smallest absolute Gasteiger partial charge is 0.450 e. The van der Waals surface area contributed by atoms with Crippen molar-refractivity contribution in [3.8, 4) is 11.1 Å². The lowest BCUT2D eigenvalue weighted by Gasteiger charge is -2.51. The predicted molar refractivity (Wildman–Crippen MR) is 146 cm³/mol. The van der Waals surface area contributed by atoms with E-state index in [0.29, 0.717) is 21.6 Å². The van der Waals surface area contributed by atoms with E-state index in [1.165, 1.54) is 13.0 Å². The van der Waals surface area contributed by atoms with Gasteiger partial charge in [-0.2, -0.15) is 13.2 Å². The monoisotopic (exact) mass is 608 g/mol. The molecule has 2 heterocycles. The van der Waals surface area contributed by atoms with Crippen molar-refractivity contribution in [1.82, 2.24) is 20.4 Å². The normalized spacial score (nSPS) is 24.6. The highest BCUT2D eigenvalue weighted by Crippen LogP contribution is 2.42. The summed E-state index contributed by atoms with van der Waals surface area (Å²) in [5.41, 5.74) is 0.0992. The second kappa shape index (κ2) is 12.2. The van der Waals surface area contributed by atoms with Crippen LogP contribution in [0.3, 0.4) is 0 Å². The molecule has 2 N–H and O–H groups in total. The molecule has 8 nitrogen and oxygen atoms in total. The highest BCUT2D eigenvalue weighted by Gasteiger charge is 2.64. The quantitative estimate of drug-likeness (QED) is 0.435. The molecule has 2 aromatic rings. The largest absolute Gasteiger partial charge is 0.454 e. The van der Waals surface area contributed by atoms with Crippen LogP contribution < -0.4 is 10.6 Å². The molecule has 0 aromatic heterocycles. The Kier molecular flexibility index (Phi) is 8.75. The summed E-state index contributed by atoms with van der Waals surface area (Å²) in [5, 5.41) is 5.34. The Bertz CT molecular complexity index is 1370. The molecule has 0 bridgehead atoms. The van der Waals surface area contributed by atoms with Gasteiger partial charge in [-0.3, -0.25) is 19.4 Å². The number of benzene rings is 2. The van der Waals surface area contributed by atoms with Gasteiger partial charge in [-0.05, 0) is 54.0 Å². The number of hydrogen-bond donors (Lipinski definition) is 2. The van der Waals surface area contributed by atoms with Gasteiger partial charge in [0.1, 0.15) is 12.0 Å². The highest BCUT2D eigenvalue weighted by atomic mass is 19.4. The molecule has 5 rings (SSSR count). The third-order valence-corrected chi connectivity index (χ3v) is 8.24. The fourth-order valence-corrected chi connectivity index (χ4v) is 5.99. The van der Waals surface area contributed by atoms with E-state index in [9.17, 15) is 36.3 Å². The summed E-state index contributed by atoms with van der Waals surface area (Å²) in [5.74, 6) is -3.04. The molecule has 3 atom stereocenters. The van der Waals surface area contributed by atoms with Crippen molar-refractivity contribution < 1.29 is 41.1 Å². The maximum atomic E-state index is 14.8. The number of piperazine rings is 1. The highest BCUT2D eigenvalue weighted by molar-refractivity contribution is 5.97. The van der Waals surface area contributed by atoms with Gasteiger partial charge in [-0.1, -0.05) is 36.4 Å². The number of ether oxygens (including phenoxy) is 1. The van der Waals surface area contributed by atoms with Gasteiger partial charge >= 0.3 is 12.3 Å². The number of amides is 2. The zero-order chi connectivity index (χ0) is 30.9. The van der Waals surface area contributed by atoms with Gasteiger partial charge < -0.3 is 15.4 Å². The SMILES string of the molecule is CCOC(=O)N1CCNCC1(C(=O)C(F)(F)F)N1CC(F)CC1C(=O)NCc1ccc(-c2ccc(C3CC3)c(F)c2)cc1. The Balaban J connectivity index is 1.34. The summed E-state index contributed by atoms with van der Waals surface area (Å²) < 4.78 is 76.2. The third kappa shape index (κ3) is 6.23. The summed E-state index contributed by atoms with van der Waals surface area (Å²) in [6, 6.07) is 10.6.